The van der Waals surface area contributed by atoms with Gasteiger partial charge in [-0.2, -0.15) is 21.6 Å². The lowest BCUT2D eigenvalue weighted by Crippen LogP contribution is -2.34. The lowest BCUT2D eigenvalue weighted by atomic mass is 10.0. The number of nitrogens with zero attached hydrogens (tertiary/aromatic N) is 1. The first-order valence-corrected chi connectivity index (χ1v) is 10.6. The van der Waals surface area contributed by atoms with Crippen molar-refractivity contribution in [3.63, 3.8) is 0 Å². The van der Waals surface area contributed by atoms with Gasteiger partial charge in [0.25, 0.3) is 0 Å². The van der Waals surface area contributed by atoms with Crippen molar-refractivity contribution in [2.75, 3.05) is 26.2 Å². The van der Waals surface area contributed by atoms with Gasteiger partial charge in [0.1, 0.15) is 5.75 Å². The average Bonchev–Trinajstić information content (AvgIpc) is 2.65. The second-order valence-electron chi connectivity index (χ2n) is 6.82. The second kappa shape index (κ2) is 9.60. The third-order valence-electron chi connectivity index (χ3n) is 4.66. The molecule has 0 bridgehead atoms. The molecule has 1 fully saturated rings. The maximum atomic E-state index is 12.3. The van der Waals surface area contributed by atoms with Gasteiger partial charge in [-0.15, -0.1) is 0 Å². The van der Waals surface area contributed by atoms with E-state index in [0.717, 1.165) is 38.2 Å². The Balaban J connectivity index is 1.81. The van der Waals surface area contributed by atoms with Gasteiger partial charge in [0, 0.05) is 6.54 Å². The highest BCUT2D eigenvalue weighted by atomic mass is 32.2. The summed E-state index contributed by atoms with van der Waals surface area (Å²) >= 11 is 0. The number of alkyl halides is 3. The number of piperidine rings is 1. The van der Waals surface area contributed by atoms with Crippen molar-refractivity contribution in [2.24, 2.45) is 0 Å². The van der Waals surface area contributed by atoms with Crippen molar-refractivity contribution in [3.05, 3.63) is 29.8 Å². The summed E-state index contributed by atoms with van der Waals surface area (Å²) in [5, 5.41) is 2.85. The van der Waals surface area contributed by atoms with E-state index >= 15 is 0 Å². The average molecular weight is 422 g/mol. The van der Waals surface area contributed by atoms with Crippen LogP contribution in [0.1, 0.15) is 44.1 Å². The molecule has 0 radical (unpaired) electrons. The number of rotatable bonds is 8. The molecule has 1 aromatic carbocycles. The van der Waals surface area contributed by atoms with Gasteiger partial charge < -0.3 is 14.4 Å². The molecule has 1 N–H and O–H groups in total. The van der Waals surface area contributed by atoms with E-state index in [9.17, 15) is 26.4 Å². The zero-order valence-corrected chi connectivity index (χ0v) is 16.5. The predicted molar refractivity (Wildman–Crippen MR) is 98.4 cm³/mol. The minimum atomic E-state index is -5.71. The molecule has 1 aliphatic heterocycles. The number of benzene rings is 1. The molecule has 10 heteroatoms. The largest absolute Gasteiger partial charge is 0.534 e. The normalized spacial score (nSPS) is 17.1. The molecular formula is C18H25F3N2O4S. The molecule has 1 aliphatic rings. The van der Waals surface area contributed by atoms with Crippen LogP contribution in [0.15, 0.2) is 24.3 Å². The van der Waals surface area contributed by atoms with Crippen LogP contribution in [0, 0.1) is 0 Å². The number of carbonyl (C=O) groups is 1. The van der Waals surface area contributed by atoms with Crippen molar-refractivity contribution in [1.82, 2.24) is 10.2 Å². The van der Waals surface area contributed by atoms with Crippen molar-refractivity contribution in [1.29, 1.82) is 0 Å². The Kier molecular flexibility index (Phi) is 7.70. The summed E-state index contributed by atoms with van der Waals surface area (Å²) in [4.78, 5) is 14.6. The van der Waals surface area contributed by atoms with E-state index in [1.165, 1.54) is 31.4 Å². The summed E-state index contributed by atoms with van der Waals surface area (Å²) < 4.78 is 63.0. The van der Waals surface area contributed by atoms with Crippen LogP contribution in [-0.4, -0.2) is 50.9 Å². The Morgan fingerprint density at radius 1 is 1.18 bits per heavy atom. The first kappa shape index (κ1) is 22.5. The maximum absolute atomic E-state index is 12.3. The molecule has 0 aliphatic carbocycles. The lowest BCUT2D eigenvalue weighted by molar-refractivity contribution is -0.122. The number of carbonyl (C=O) groups excluding carboxylic acids is 1. The van der Waals surface area contributed by atoms with Gasteiger partial charge in [0.2, 0.25) is 5.91 Å². The maximum Gasteiger partial charge on any atom is 0.534 e. The van der Waals surface area contributed by atoms with Crippen molar-refractivity contribution >= 4 is 16.0 Å². The van der Waals surface area contributed by atoms with Gasteiger partial charge in [-0.1, -0.05) is 18.6 Å². The molecule has 1 amide bonds. The van der Waals surface area contributed by atoms with Crippen LogP contribution in [0.3, 0.4) is 0 Å². The van der Waals surface area contributed by atoms with Crippen LogP contribution >= 0.6 is 0 Å². The highest BCUT2D eigenvalue weighted by Crippen LogP contribution is 2.28. The van der Waals surface area contributed by atoms with E-state index < -0.39 is 27.3 Å². The van der Waals surface area contributed by atoms with E-state index in [1.807, 2.05) is 0 Å². The monoisotopic (exact) mass is 422 g/mol. The van der Waals surface area contributed by atoms with Gasteiger partial charge in [-0.25, -0.2) is 0 Å². The topological polar surface area (TPSA) is 75.7 Å². The molecule has 0 aromatic heterocycles. The molecule has 1 atom stereocenters. The molecule has 158 valence electrons. The van der Waals surface area contributed by atoms with Crippen LogP contribution < -0.4 is 9.50 Å². The summed E-state index contributed by atoms with van der Waals surface area (Å²) in [6.45, 7) is 5.35. The molecular weight excluding hydrogens is 397 g/mol. The minimum absolute atomic E-state index is 0.199. The van der Waals surface area contributed by atoms with Crippen LogP contribution in [0.4, 0.5) is 13.2 Å². The third kappa shape index (κ3) is 6.37. The van der Waals surface area contributed by atoms with Gasteiger partial charge in [-0.3, -0.25) is 4.79 Å². The lowest BCUT2D eigenvalue weighted by Gasteiger charge is -2.26. The minimum Gasteiger partial charge on any atom is -0.376 e. The van der Waals surface area contributed by atoms with Gasteiger partial charge >= 0.3 is 15.6 Å². The molecule has 2 rings (SSSR count). The summed E-state index contributed by atoms with van der Waals surface area (Å²) in [7, 11) is -5.71. The first-order valence-electron chi connectivity index (χ1n) is 9.21. The quantitative estimate of drug-likeness (QED) is 0.396. The van der Waals surface area contributed by atoms with E-state index in [4.69, 9.17) is 0 Å². The summed E-state index contributed by atoms with van der Waals surface area (Å²) in [6.07, 6.45) is 4.55. The molecule has 1 saturated heterocycles. The fraction of sp³-hybridized carbons (Fsp3) is 0.611. The van der Waals surface area contributed by atoms with Gasteiger partial charge in [0.05, 0.1) is 5.92 Å². The van der Waals surface area contributed by atoms with Crippen LogP contribution in [0.5, 0.6) is 5.75 Å². The summed E-state index contributed by atoms with van der Waals surface area (Å²) in [6, 6.07) is 4.94. The Bertz CT molecular complexity index is 745. The van der Waals surface area contributed by atoms with Crippen LogP contribution in [-0.2, 0) is 14.9 Å². The van der Waals surface area contributed by atoms with Crippen LogP contribution in [0.2, 0.25) is 0 Å². The Labute approximate surface area is 163 Å². The van der Waals surface area contributed by atoms with Crippen molar-refractivity contribution in [2.45, 2.75) is 44.0 Å². The number of nitrogens with one attached hydrogen (secondary N) is 1. The Morgan fingerprint density at radius 2 is 1.79 bits per heavy atom. The van der Waals surface area contributed by atoms with E-state index in [-0.39, 0.29) is 5.91 Å². The highest BCUT2D eigenvalue weighted by molar-refractivity contribution is 7.88. The van der Waals surface area contributed by atoms with Gasteiger partial charge in [-0.05, 0) is 63.5 Å². The fourth-order valence-electron chi connectivity index (χ4n) is 2.99. The standard InChI is InChI=1S/C18H25F3N2O4S/c1-14(17(24)22-10-5-13-23-11-3-2-4-12-23)15-6-8-16(9-7-15)27-28(25,26)18(19,20)21/h6-9,14H,2-5,10-13H2,1H3,(H,22,24)/t14-/m1/s1. The molecule has 0 unspecified atom stereocenters. The smallest absolute Gasteiger partial charge is 0.376 e. The first-order chi connectivity index (χ1) is 13.1. The highest BCUT2D eigenvalue weighted by Gasteiger charge is 2.48. The van der Waals surface area contributed by atoms with Gasteiger partial charge in [0.15, 0.2) is 0 Å². The molecule has 1 aromatic rings. The van der Waals surface area contributed by atoms with Crippen molar-refractivity contribution in [3.8, 4) is 5.75 Å². The Morgan fingerprint density at radius 3 is 2.36 bits per heavy atom. The SMILES string of the molecule is C[C@@H](C(=O)NCCCN1CCCCC1)c1ccc(OS(=O)(=O)C(F)(F)F)cc1. The molecule has 1 heterocycles. The summed E-state index contributed by atoms with van der Waals surface area (Å²) in [5.41, 5.74) is -4.95. The zero-order chi connectivity index (χ0) is 20.8. The number of hydrogen-bond acceptors (Lipinski definition) is 5. The molecule has 28 heavy (non-hydrogen) atoms. The fourth-order valence-corrected chi connectivity index (χ4v) is 3.45. The number of amides is 1. The Hall–Kier alpha value is -1.81. The number of hydrogen-bond donors (Lipinski definition) is 1. The molecule has 0 spiro atoms. The molecule has 0 saturated carbocycles. The van der Waals surface area contributed by atoms with E-state index in [1.54, 1.807) is 6.92 Å². The van der Waals surface area contributed by atoms with Crippen LogP contribution in [0.25, 0.3) is 0 Å². The number of likely N-dealkylation sites (tertiary alicyclic amines) is 1. The predicted octanol–water partition coefficient (Wildman–Crippen LogP) is 3.01. The van der Waals surface area contributed by atoms with E-state index in [0.29, 0.717) is 12.1 Å². The molecule has 6 nitrogen and oxygen atoms in total. The van der Waals surface area contributed by atoms with Crippen molar-refractivity contribution < 1.29 is 30.6 Å². The van der Waals surface area contributed by atoms with E-state index in [2.05, 4.69) is 14.4 Å². The number of halogens is 3. The summed E-state index contributed by atoms with van der Waals surface area (Å²) in [5.74, 6) is -1.19. The third-order valence-corrected chi connectivity index (χ3v) is 5.64. The zero-order valence-electron chi connectivity index (χ0n) is 15.7. The second-order valence-corrected chi connectivity index (χ2v) is 8.36.